The van der Waals surface area contributed by atoms with Gasteiger partial charge in [0, 0.05) is 31.6 Å². The molecule has 150 valence electrons. The van der Waals surface area contributed by atoms with Crippen molar-refractivity contribution < 1.29 is 12.8 Å². The van der Waals surface area contributed by atoms with Crippen molar-refractivity contribution in [2.45, 2.75) is 51.6 Å². The molecule has 0 amide bonds. The molecular weight excluding hydrogens is 467 g/mol. The van der Waals surface area contributed by atoms with Crippen LogP contribution in [0.15, 0.2) is 27.8 Å². The lowest BCUT2D eigenvalue weighted by Crippen LogP contribution is -2.44. The zero-order valence-electron chi connectivity index (χ0n) is 15.8. The number of guanidine groups is 1. The maximum absolute atomic E-state index is 11.9. The van der Waals surface area contributed by atoms with Crippen molar-refractivity contribution in [1.29, 1.82) is 0 Å². The molecule has 1 fully saturated rings. The van der Waals surface area contributed by atoms with Crippen LogP contribution in [-0.4, -0.2) is 56.7 Å². The summed E-state index contributed by atoms with van der Waals surface area (Å²) in [5.41, 5.74) is 0. The van der Waals surface area contributed by atoms with Crippen LogP contribution in [-0.2, 0) is 16.4 Å². The summed E-state index contributed by atoms with van der Waals surface area (Å²) < 4.78 is 30.6. The lowest BCUT2D eigenvalue weighted by atomic mass is 10.2. The molecule has 2 N–H and O–H groups in total. The predicted octanol–water partition coefficient (Wildman–Crippen LogP) is 2.20. The third-order valence-corrected chi connectivity index (χ3v) is 5.78. The van der Waals surface area contributed by atoms with Gasteiger partial charge in [0.25, 0.3) is 0 Å². The van der Waals surface area contributed by atoms with Gasteiger partial charge in [0.15, 0.2) is 5.96 Å². The molecule has 0 bridgehead atoms. The number of nitrogens with zero attached hydrogens (tertiary/aromatic N) is 2. The Labute approximate surface area is 174 Å². The van der Waals surface area contributed by atoms with E-state index in [0.717, 1.165) is 37.4 Å². The van der Waals surface area contributed by atoms with E-state index in [1.54, 1.807) is 10.6 Å². The van der Waals surface area contributed by atoms with Crippen molar-refractivity contribution in [3.63, 3.8) is 0 Å². The van der Waals surface area contributed by atoms with Gasteiger partial charge < -0.3 is 15.1 Å². The number of hydrogen-bond donors (Lipinski definition) is 2. The fourth-order valence-corrected chi connectivity index (χ4v) is 4.05. The molecule has 1 aromatic heterocycles. The van der Waals surface area contributed by atoms with Gasteiger partial charge in [0.1, 0.15) is 5.76 Å². The molecule has 7 nitrogen and oxygen atoms in total. The van der Waals surface area contributed by atoms with Crippen molar-refractivity contribution >= 4 is 40.0 Å². The van der Waals surface area contributed by atoms with Crippen molar-refractivity contribution in [3.05, 3.63) is 24.2 Å². The molecule has 2 rings (SSSR count). The van der Waals surface area contributed by atoms with Crippen molar-refractivity contribution in [3.8, 4) is 0 Å². The molecule has 2 atom stereocenters. The number of aliphatic imine (C=N–C) groups is 1. The number of nitrogens with one attached hydrogen (secondary N) is 2. The van der Waals surface area contributed by atoms with Crippen LogP contribution in [0.1, 0.15) is 38.9 Å². The average Bonchev–Trinajstić information content (AvgIpc) is 3.23. The first kappa shape index (κ1) is 23.2. The number of sulfonamides is 1. The fourth-order valence-electron chi connectivity index (χ4n) is 2.87. The van der Waals surface area contributed by atoms with Crippen molar-refractivity contribution in [1.82, 2.24) is 14.9 Å². The molecule has 1 aliphatic rings. The van der Waals surface area contributed by atoms with E-state index >= 15 is 0 Å². The first-order chi connectivity index (χ1) is 11.9. The standard InChI is InChI=1S/C17H30N4O3S.HI/c1-4-14(2)20-17(18-10-9-16-8-6-12-24-16)19-13-15-7-5-11-21(15)25(3,22)23;/h6,8,12,14-15H,4-5,7,9-11,13H2,1-3H3,(H2,18,19,20);1H/t14?,15-;/m1./s1. The summed E-state index contributed by atoms with van der Waals surface area (Å²) in [6, 6.07) is 4.07. The highest BCUT2D eigenvalue weighted by Crippen LogP contribution is 2.20. The summed E-state index contributed by atoms with van der Waals surface area (Å²) >= 11 is 0. The van der Waals surface area contributed by atoms with Gasteiger partial charge >= 0.3 is 0 Å². The summed E-state index contributed by atoms with van der Waals surface area (Å²) in [5, 5.41) is 6.68. The Balaban J connectivity index is 0.00000338. The van der Waals surface area contributed by atoms with E-state index in [2.05, 4.69) is 29.5 Å². The number of hydrogen-bond acceptors (Lipinski definition) is 4. The lowest BCUT2D eigenvalue weighted by Gasteiger charge is -2.22. The van der Waals surface area contributed by atoms with E-state index in [4.69, 9.17) is 4.42 Å². The van der Waals surface area contributed by atoms with Gasteiger partial charge in [-0.1, -0.05) is 6.92 Å². The molecular formula is C17H31IN4O3S. The zero-order chi connectivity index (χ0) is 18.3. The molecule has 1 aromatic rings. The summed E-state index contributed by atoms with van der Waals surface area (Å²) in [4.78, 5) is 4.63. The SMILES string of the molecule is CCC(C)NC(=NC[C@H]1CCCN1S(C)(=O)=O)NCCc1ccco1.I. The smallest absolute Gasteiger partial charge is 0.211 e. The lowest BCUT2D eigenvalue weighted by molar-refractivity contribution is 0.396. The first-order valence-electron chi connectivity index (χ1n) is 8.94. The third kappa shape index (κ3) is 7.43. The minimum absolute atomic E-state index is 0. The van der Waals surface area contributed by atoms with Crippen LogP contribution in [0.2, 0.25) is 0 Å². The predicted molar refractivity (Wildman–Crippen MR) is 116 cm³/mol. The van der Waals surface area contributed by atoms with E-state index < -0.39 is 10.0 Å². The van der Waals surface area contributed by atoms with Crippen LogP contribution in [0.3, 0.4) is 0 Å². The van der Waals surface area contributed by atoms with Gasteiger partial charge in [-0.25, -0.2) is 8.42 Å². The Morgan fingerprint density at radius 2 is 2.27 bits per heavy atom. The Hall–Kier alpha value is -0.810. The highest BCUT2D eigenvalue weighted by Gasteiger charge is 2.31. The van der Waals surface area contributed by atoms with E-state index in [9.17, 15) is 8.42 Å². The average molecular weight is 498 g/mol. The van der Waals surface area contributed by atoms with E-state index in [1.807, 2.05) is 12.1 Å². The maximum atomic E-state index is 11.9. The number of halogens is 1. The minimum atomic E-state index is -3.16. The second-order valence-corrected chi connectivity index (χ2v) is 8.50. The van der Waals surface area contributed by atoms with Gasteiger partial charge in [0.05, 0.1) is 19.1 Å². The Morgan fingerprint density at radius 1 is 1.50 bits per heavy atom. The molecule has 0 spiro atoms. The third-order valence-electron chi connectivity index (χ3n) is 4.45. The molecule has 2 heterocycles. The normalized spacial score (nSPS) is 19.8. The van der Waals surface area contributed by atoms with E-state index in [0.29, 0.717) is 25.7 Å². The van der Waals surface area contributed by atoms with Crippen LogP contribution in [0.25, 0.3) is 0 Å². The van der Waals surface area contributed by atoms with Gasteiger partial charge in [-0.3, -0.25) is 4.99 Å². The quantitative estimate of drug-likeness (QED) is 0.326. The Morgan fingerprint density at radius 3 is 2.88 bits per heavy atom. The second-order valence-electron chi connectivity index (χ2n) is 6.57. The molecule has 0 saturated carbocycles. The molecule has 0 aliphatic carbocycles. The highest BCUT2D eigenvalue weighted by atomic mass is 127. The molecule has 1 aliphatic heterocycles. The summed E-state index contributed by atoms with van der Waals surface area (Å²) in [6.45, 7) is 5.98. The van der Waals surface area contributed by atoms with Crippen LogP contribution >= 0.6 is 24.0 Å². The van der Waals surface area contributed by atoms with Crippen LogP contribution in [0, 0.1) is 0 Å². The Bertz CT molecular complexity index is 649. The molecule has 26 heavy (non-hydrogen) atoms. The maximum Gasteiger partial charge on any atom is 0.211 e. The molecule has 1 unspecified atom stereocenters. The number of rotatable bonds is 8. The molecule has 9 heteroatoms. The van der Waals surface area contributed by atoms with Gasteiger partial charge in [-0.15, -0.1) is 24.0 Å². The van der Waals surface area contributed by atoms with Crippen LogP contribution in [0.5, 0.6) is 0 Å². The summed E-state index contributed by atoms with van der Waals surface area (Å²) in [6.07, 6.45) is 6.45. The second kappa shape index (κ2) is 11.1. The monoisotopic (exact) mass is 498 g/mol. The zero-order valence-corrected chi connectivity index (χ0v) is 18.9. The summed E-state index contributed by atoms with van der Waals surface area (Å²) in [7, 11) is -3.16. The van der Waals surface area contributed by atoms with Gasteiger partial charge in [0.2, 0.25) is 10.0 Å². The molecule has 0 radical (unpaired) electrons. The minimum Gasteiger partial charge on any atom is -0.469 e. The Kier molecular flexibility index (Phi) is 9.94. The van der Waals surface area contributed by atoms with E-state index in [1.165, 1.54) is 6.26 Å². The van der Waals surface area contributed by atoms with Gasteiger partial charge in [-0.2, -0.15) is 4.31 Å². The van der Waals surface area contributed by atoms with Crippen LogP contribution in [0.4, 0.5) is 0 Å². The topological polar surface area (TPSA) is 86.9 Å². The van der Waals surface area contributed by atoms with Crippen LogP contribution < -0.4 is 10.6 Å². The van der Waals surface area contributed by atoms with E-state index in [-0.39, 0.29) is 30.0 Å². The molecule has 0 aromatic carbocycles. The number of furan rings is 1. The van der Waals surface area contributed by atoms with Crippen molar-refractivity contribution in [2.24, 2.45) is 4.99 Å². The van der Waals surface area contributed by atoms with Gasteiger partial charge in [-0.05, 0) is 38.3 Å². The van der Waals surface area contributed by atoms with Crippen molar-refractivity contribution in [2.75, 3.05) is 25.9 Å². The summed E-state index contributed by atoms with van der Waals surface area (Å²) in [5.74, 6) is 1.65. The molecule has 1 saturated heterocycles. The highest BCUT2D eigenvalue weighted by molar-refractivity contribution is 14.0. The fraction of sp³-hybridized carbons (Fsp3) is 0.706. The largest absolute Gasteiger partial charge is 0.469 e. The first-order valence-corrected chi connectivity index (χ1v) is 10.8.